The van der Waals surface area contributed by atoms with Crippen molar-refractivity contribution in [3.8, 4) is 11.5 Å². The summed E-state index contributed by atoms with van der Waals surface area (Å²) in [6, 6.07) is 3.75. The predicted octanol–water partition coefficient (Wildman–Crippen LogP) is 2.49. The quantitative estimate of drug-likeness (QED) is 0.813. The number of likely N-dealkylation sites (tertiary alicyclic amines) is 1. The fourth-order valence-electron chi connectivity index (χ4n) is 3.71. The molecule has 0 amide bonds. The standard InChI is InChI=1S/C18H29ClN2O3/c1-20(2)11-18(13-22)6-5-7-21(12-18)10-14-8-15(19)17(24-4)9-16(14)23-3/h8-9,22H,5-7,10-13H2,1-4H3/t18-/m0/s1. The third-order valence-corrected chi connectivity index (χ3v) is 4.97. The maximum absolute atomic E-state index is 9.97. The maximum Gasteiger partial charge on any atom is 0.141 e. The van der Waals surface area contributed by atoms with Gasteiger partial charge in [-0.1, -0.05) is 11.6 Å². The highest BCUT2D eigenvalue weighted by molar-refractivity contribution is 6.32. The van der Waals surface area contributed by atoms with Gasteiger partial charge < -0.3 is 19.5 Å². The minimum absolute atomic E-state index is 0.0642. The highest BCUT2D eigenvalue weighted by Gasteiger charge is 2.35. The van der Waals surface area contributed by atoms with Gasteiger partial charge in [-0.2, -0.15) is 0 Å². The molecule has 2 rings (SSSR count). The average Bonchev–Trinajstić information content (AvgIpc) is 2.55. The lowest BCUT2D eigenvalue weighted by Gasteiger charge is -2.43. The molecule has 1 aliphatic heterocycles. The molecule has 0 radical (unpaired) electrons. The SMILES string of the molecule is COc1cc(OC)c(CN2CCC[C@](CO)(CN(C)C)C2)cc1Cl. The summed E-state index contributed by atoms with van der Waals surface area (Å²) in [5, 5.41) is 10.6. The Balaban J connectivity index is 2.17. The highest BCUT2D eigenvalue weighted by atomic mass is 35.5. The van der Waals surface area contributed by atoms with Gasteiger partial charge in [-0.3, -0.25) is 4.90 Å². The summed E-state index contributed by atoms with van der Waals surface area (Å²) in [6.45, 7) is 3.74. The van der Waals surface area contributed by atoms with Gasteiger partial charge in [0.05, 0.1) is 25.8 Å². The first-order chi connectivity index (χ1) is 11.4. The summed E-state index contributed by atoms with van der Waals surface area (Å²) >= 11 is 6.28. The lowest BCUT2D eigenvalue weighted by atomic mass is 9.80. The van der Waals surface area contributed by atoms with Crippen molar-refractivity contribution in [3.05, 3.63) is 22.7 Å². The van der Waals surface area contributed by atoms with E-state index in [1.54, 1.807) is 14.2 Å². The van der Waals surface area contributed by atoms with Crippen LogP contribution in [0.5, 0.6) is 11.5 Å². The number of halogens is 1. The molecule has 0 saturated carbocycles. The fraction of sp³-hybridized carbons (Fsp3) is 0.667. The zero-order valence-electron chi connectivity index (χ0n) is 15.1. The van der Waals surface area contributed by atoms with Gasteiger partial charge in [-0.15, -0.1) is 0 Å². The summed E-state index contributed by atoms with van der Waals surface area (Å²) in [7, 11) is 7.37. The van der Waals surface area contributed by atoms with Crippen LogP contribution in [0.15, 0.2) is 12.1 Å². The minimum atomic E-state index is -0.0642. The third-order valence-electron chi connectivity index (χ3n) is 4.68. The van der Waals surface area contributed by atoms with E-state index in [0.717, 1.165) is 50.3 Å². The summed E-state index contributed by atoms with van der Waals surface area (Å²) in [4.78, 5) is 4.54. The maximum atomic E-state index is 9.97. The first kappa shape index (κ1) is 19.3. The van der Waals surface area contributed by atoms with Crippen molar-refractivity contribution in [1.29, 1.82) is 0 Å². The molecule has 1 fully saturated rings. The van der Waals surface area contributed by atoms with Crippen LogP contribution >= 0.6 is 11.6 Å². The second-order valence-corrected chi connectivity index (χ2v) is 7.42. The number of hydrogen-bond acceptors (Lipinski definition) is 5. The van der Waals surface area contributed by atoms with Crippen molar-refractivity contribution in [1.82, 2.24) is 9.80 Å². The molecule has 1 atom stereocenters. The third kappa shape index (κ3) is 4.54. The molecule has 0 bridgehead atoms. The van der Waals surface area contributed by atoms with Gasteiger partial charge in [0.2, 0.25) is 0 Å². The molecule has 5 nitrogen and oxygen atoms in total. The van der Waals surface area contributed by atoms with E-state index >= 15 is 0 Å². The number of hydrogen-bond donors (Lipinski definition) is 1. The topological polar surface area (TPSA) is 45.2 Å². The molecule has 1 heterocycles. The molecule has 0 unspecified atom stereocenters. The Kier molecular flexibility index (Phi) is 6.75. The summed E-state index contributed by atoms with van der Waals surface area (Å²) in [6.07, 6.45) is 2.14. The second-order valence-electron chi connectivity index (χ2n) is 7.01. The van der Waals surface area contributed by atoms with Crippen LogP contribution in [0.1, 0.15) is 18.4 Å². The first-order valence-electron chi connectivity index (χ1n) is 8.31. The van der Waals surface area contributed by atoms with Crippen LogP contribution in [0.2, 0.25) is 5.02 Å². The van der Waals surface area contributed by atoms with Crippen LogP contribution in [0.3, 0.4) is 0 Å². The van der Waals surface area contributed by atoms with Crippen LogP contribution < -0.4 is 9.47 Å². The number of methoxy groups -OCH3 is 2. The number of benzene rings is 1. The summed E-state index contributed by atoms with van der Waals surface area (Å²) < 4.78 is 10.8. The molecular formula is C18H29ClN2O3. The molecule has 0 spiro atoms. The molecule has 1 N–H and O–H groups in total. The summed E-state index contributed by atoms with van der Waals surface area (Å²) in [5.74, 6) is 1.40. The van der Waals surface area contributed by atoms with Crippen LogP contribution in [0.4, 0.5) is 0 Å². The Morgan fingerprint density at radius 1 is 1.25 bits per heavy atom. The predicted molar refractivity (Wildman–Crippen MR) is 97.1 cm³/mol. The number of aliphatic hydroxyl groups is 1. The van der Waals surface area contributed by atoms with E-state index in [4.69, 9.17) is 21.1 Å². The molecule has 136 valence electrons. The normalized spacial score (nSPS) is 22.0. The number of aliphatic hydroxyl groups excluding tert-OH is 1. The number of ether oxygens (including phenoxy) is 2. The lowest BCUT2D eigenvalue weighted by molar-refractivity contribution is 0.0103. The minimum Gasteiger partial charge on any atom is -0.496 e. The Labute approximate surface area is 150 Å². The fourth-order valence-corrected chi connectivity index (χ4v) is 3.97. The van der Waals surface area contributed by atoms with Gasteiger partial charge in [0.25, 0.3) is 0 Å². The molecular weight excluding hydrogens is 328 g/mol. The Hall–Kier alpha value is -1.01. The van der Waals surface area contributed by atoms with E-state index in [9.17, 15) is 5.11 Å². The second kappa shape index (κ2) is 8.39. The van der Waals surface area contributed by atoms with E-state index in [-0.39, 0.29) is 12.0 Å². The monoisotopic (exact) mass is 356 g/mol. The zero-order valence-corrected chi connectivity index (χ0v) is 15.9. The van der Waals surface area contributed by atoms with Crippen molar-refractivity contribution < 1.29 is 14.6 Å². The summed E-state index contributed by atoms with van der Waals surface area (Å²) in [5.41, 5.74) is 0.979. The van der Waals surface area contributed by atoms with Crippen molar-refractivity contribution in [3.63, 3.8) is 0 Å². The van der Waals surface area contributed by atoms with Crippen LogP contribution in [0.25, 0.3) is 0 Å². The number of nitrogens with zero attached hydrogens (tertiary/aromatic N) is 2. The molecule has 1 saturated heterocycles. The van der Waals surface area contributed by atoms with Crippen molar-refractivity contribution in [2.75, 3.05) is 54.6 Å². The largest absolute Gasteiger partial charge is 0.496 e. The molecule has 0 aromatic heterocycles. The molecule has 1 aliphatic rings. The molecule has 1 aromatic carbocycles. The van der Waals surface area contributed by atoms with E-state index in [1.165, 1.54) is 0 Å². The highest BCUT2D eigenvalue weighted by Crippen LogP contribution is 2.35. The molecule has 0 aliphatic carbocycles. The number of piperidine rings is 1. The van der Waals surface area contributed by atoms with Crippen molar-refractivity contribution in [2.24, 2.45) is 5.41 Å². The number of rotatable bonds is 7. The van der Waals surface area contributed by atoms with E-state index < -0.39 is 0 Å². The first-order valence-corrected chi connectivity index (χ1v) is 8.69. The molecule has 1 aromatic rings. The Bertz CT molecular complexity index is 553. The van der Waals surface area contributed by atoms with Gasteiger partial charge in [0.1, 0.15) is 11.5 Å². The van der Waals surface area contributed by atoms with E-state index in [2.05, 4.69) is 23.9 Å². The smallest absolute Gasteiger partial charge is 0.141 e. The van der Waals surface area contributed by atoms with E-state index in [0.29, 0.717) is 10.8 Å². The molecule has 6 heteroatoms. The van der Waals surface area contributed by atoms with Crippen LogP contribution in [-0.4, -0.2) is 69.5 Å². The van der Waals surface area contributed by atoms with Gasteiger partial charge in [-0.05, 0) is 39.5 Å². The lowest BCUT2D eigenvalue weighted by Crippen LogP contribution is -2.49. The van der Waals surface area contributed by atoms with E-state index in [1.807, 2.05) is 12.1 Å². The van der Waals surface area contributed by atoms with Gasteiger partial charge in [-0.25, -0.2) is 0 Å². The van der Waals surface area contributed by atoms with Crippen molar-refractivity contribution >= 4 is 11.6 Å². The average molecular weight is 357 g/mol. The van der Waals surface area contributed by atoms with Gasteiger partial charge in [0.15, 0.2) is 0 Å². The van der Waals surface area contributed by atoms with Crippen LogP contribution in [-0.2, 0) is 6.54 Å². The zero-order chi connectivity index (χ0) is 17.7. The van der Waals surface area contributed by atoms with Crippen LogP contribution in [0, 0.1) is 5.41 Å². The van der Waals surface area contributed by atoms with Crippen molar-refractivity contribution in [2.45, 2.75) is 19.4 Å². The van der Waals surface area contributed by atoms with Gasteiger partial charge in [0, 0.05) is 36.7 Å². The Morgan fingerprint density at radius 3 is 2.54 bits per heavy atom. The Morgan fingerprint density at radius 2 is 1.96 bits per heavy atom. The molecule has 24 heavy (non-hydrogen) atoms. The van der Waals surface area contributed by atoms with Gasteiger partial charge >= 0.3 is 0 Å².